The number of Topliss-reactive ketones (excluding diaryl/α,β-unsaturated/α-hetero) is 1. The molecule has 2 N–H and O–H groups in total. The Morgan fingerprint density at radius 1 is 1.00 bits per heavy atom. The molecule has 0 spiro atoms. The molecule has 0 unspecified atom stereocenters. The molecule has 0 saturated heterocycles. The monoisotopic (exact) mass is 284 g/mol. The summed E-state index contributed by atoms with van der Waals surface area (Å²) in [6.45, 7) is 14.3. The van der Waals surface area contributed by atoms with E-state index in [0.717, 1.165) is 19.3 Å². The van der Waals surface area contributed by atoms with E-state index in [4.69, 9.17) is 0 Å². The lowest BCUT2D eigenvalue weighted by Crippen LogP contribution is -2.50. The molecule has 0 rings (SSSR count). The van der Waals surface area contributed by atoms with E-state index in [-0.39, 0.29) is 28.7 Å². The summed E-state index contributed by atoms with van der Waals surface area (Å²) in [6.07, 6.45) is 2.64. The normalized spacial score (nSPS) is 13.9. The molecule has 0 bridgehead atoms. The Hall–Kier alpha value is -0.900. The van der Waals surface area contributed by atoms with Crippen LogP contribution in [0.15, 0.2) is 0 Å². The SMILES string of the molecule is CC(=O)NCCCC[C@H](NC(C)(C)C)C(=O)C(C)(C)C. The van der Waals surface area contributed by atoms with Crippen molar-refractivity contribution in [3.05, 3.63) is 0 Å². The molecule has 4 heteroatoms. The Morgan fingerprint density at radius 2 is 1.55 bits per heavy atom. The van der Waals surface area contributed by atoms with Crippen LogP contribution in [0.5, 0.6) is 0 Å². The number of hydrogen-bond donors (Lipinski definition) is 2. The van der Waals surface area contributed by atoms with Gasteiger partial charge in [0.05, 0.1) is 6.04 Å². The van der Waals surface area contributed by atoms with Crippen molar-refractivity contribution in [1.29, 1.82) is 0 Å². The second kappa shape index (κ2) is 7.77. The molecule has 1 atom stereocenters. The summed E-state index contributed by atoms with van der Waals surface area (Å²) in [5.41, 5.74) is -0.413. The number of amides is 1. The standard InChI is InChI=1S/C16H32N2O2/c1-12(19)17-11-9-8-10-13(18-16(5,6)7)14(20)15(2,3)4/h13,18H,8-11H2,1-7H3,(H,17,19)/t13-/m0/s1. The van der Waals surface area contributed by atoms with Crippen molar-refractivity contribution in [1.82, 2.24) is 10.6 Å². The molecule has 0 aliphatic carbocycles. The lowest BCUT2D eigenvalue weighted by atomic mass is 9.84. The molecule has 1 amide bonds. The molecule has 0 aliphatic rings. The molecule has 0 radical (unpaired) electrons. The van der Waals surface area contributed by atoms with Crippen LogP contribution in [0.2, 0.25) is 0 Å². The zero-order chi connectivity index (χ0) is 16.0. The van der Waals surface area contributed by atoms with Crippen molar-refractivity contribution in [2.45, 2.75) is 79.3 Å². The van der Waals surface area contributed by atoms with Gasteiger partial charge in [0.1, 0.15) is 0 Å². The first kappa shape index (κ1) is 19.1. The van der Waals surface area contributed by atoms with E-state index in [1.807, 2.05) is 20.8 Å². The highest BCUT2D eigenvalue weighted by Crippen LogP contribution is 2.21. The first-order valence-electron chi connectivity index (χ1n) is 7.50. The third-order valence-electron chi connectivity index (χ3n) is 2.96. The Morgan fingerprint density at radius 3 is 1.95 bits per heavy atom. The van der Waals surface area contributed by atoms with Crippen molar-refractivity contribution < 1.29 is 9.59 Å². The predicted octanol–water partition coefficient (Wildman–Crippen LogP) is 2.66. The molecule has 118 valence electrons. The fraction of sp³-hybridized carbons (Fsp3) is 0.875. The van der Waals surface area contributed by atoms with E-state index >= 15 is 0 Å². The summed E-state index contributed by atoms with van der Waals surface area (Å²) < 4.78 is 0. The van der Waals surface area contributed by atoms with E-state index < -0.39 is 0 Å². The van der Waals surface area contributed by atoms with Crippen LogP contribution in [0.1, 0.15) is 67.7 Å². The Bertz CT molecular complexity index is 324. The highest BCUT2D eigenvalue weighted by atomic mass is 16.1. The van der Waals surface area contributed by atoms with Crippen LogP contribution >= 0.6 is 0 Å². The maximum atomic E-state index is 12.5. The first-order valence-corrected chi connectivity index (χ1v) is 7.50. The topological polar surface area (TPSA) is 58.2 Å². The van der Waals surface area contributed by atoms with Gasteiger partial charge >= 0.3 is 0 Å². The van der Waals surface area contributed by atoms with Crippen molar-refractivity contribution in [3.8, 4) is 0 Å². The van der Waals surface area contributed by atoms with Crippen molar-refractivity contribution in [3.63, 3.8) is 0 Å². The van der Waals surface area contributed by atoms with Gasteiger partial charge < -0.3 is 10.6 Å². The minimum absolute atomic E-state index is 0.000124. The van der Waals surface area contributed by atoms with E-state index in [1.54, 1.807) is 0 Å². The number of ketones is 1. The quantitative estimate of drug-likeness (QED) is 0.707. The third-order valence-corrected chi connectivity index (χ3v) is 2.96. The summed E-state index contributed by atoms with van der Waals surface area (Å²) in [5.74, 6) is 0.257. The van der Waals surface area contributed by atoms with Crippen LogP contribution in [0, 0.1) is 5.41 Å². The second-order valence-corrected chi connectivity index (χ2v) is 7.54. The average molecular weight is 284 g/mol. The molecule has 0 aromatic carbocycles. The van der Waals surface area contributed by atoms with Crippen LogP contribution < -0.4 is 10.6 Å². The lowest BCUT2D eigenvalue weighted by Gasteiger charge is -2.31. The predicted molar refractivity (Wildman–Crippen MR) is 83.7 cm³/mol. The van der Waals surface area contributed by atoms with Gasteiger partial charge in [-0.05, 0) is 40.0 Å². The van der Waals surface area contributed by atoms with Gasteiger partial charge in [-0.1, -0.05) is 20.8 Å². The molecule has 0 aliphatic heterocycles. The maximum absolute atomic E-state index is 12.5. The molecule has 20 heavy (non-hydrogen) atoms. The Balaban J connectivity index is 4.41. The van der Waals surface area contributed by atoms with Gasteiger partial charge in [0.15, 0.2) is 5.78 Å². The molecule has 0 aromatic heterocycles. The minimum Gasteiger partial charge on any atom is -0.356 e. The number of unbranched alkanes of at least 4 members (excludes halogenated alkanes) is 1. The number of nitrogens with one attached hydrogen (secondary N) is 2. The zero-order valence-electron chi connectivity index (χ0n) is 14.2. The first-order chi connectivity index (χ1) is 8.93. The lowest BCUT2D eigenvalue weighted by molar-refractivity contribution is -0.129. The number of carbonyl (C=O) groups excluding carboxylic acids is 2. The number of carbonyl (C=O) groups is 2. The molecule has 0 saturated carbocycles. The molecule has 0 aromatic rings. The highest BCUT2D eigenvalue weighted by Gasteiger charge is 2.31. The Kier molecular flexibility index (Phi) is 7.42. The van der Waals surface area contributed by atoms with Crippen LogP contribution in [0.4, 0.5) is 0 Å². The highest BCUT2D eigenvalue weighted by molar-refractivity contribution is 5.88. The van der Waals surface area contributed by atoms with Gasteiger partial charge in [0.25, 0.3) is 0 Å². The van der Waals surface area contributed by atoms with Gasteiger partial charge in [0, 0.05) is 24.4 Å². The van der Waals surface area contributed by atoms with E-state index in [2.05, 4.69) is 31.4 Å². The zero-order valence-corrected chi connectivity index (χ0v) is 14.2. The van der Waals surface area contributed by atoms with E-state index in [9.17, 15) is 9.59 Å². The number of rotatable bonds is 7. The fourth-order valence-electron chi connectivity index (χ4n) is 2.05. The number of hydrogen-bond acceptors (Lipinski definition) is 3. The average Bonchev–Trinajstić information content (AvgIpc) is 2.22. The van der Waals surface area contributed by atoms with Crippen molar-refractivity contribution in [2.24, 2.45) is 5.41 Å². The summed E-state index contributed by atoms with van der Waals surface area (Å²) in [5, 5.41) is 6.21. The van der Waals surface area contributed by atoms with Gasteiger partial charge in [-0.3, -0.25) is 9.59 Å². The summed E-state index contributed by atoms with van der Waals surface area (Å²) in [7, 11) is 0. The maximum Gasteiger partial charge on any atom is 0.216 e. The molecule has 0 fully saturated rings. The van der Waals surface area contributed by atoms with Crippen molar-refractivity contribution >= 4 is 11.7 Å². The van der Waals surface area contributed by atoms with Gasteiger partial charge in [-0.25, -0.2) is 0 Å². The van der Waals surface area contributed by atoms with Crippen LogP contribution in [-0.2, 0) is 9.59 Å². The largest absolute Gasteiger partial charge is 0.356 e. The van der Waals surface area contributed by atoms with Gasteiger partial charge in [-0.15, -0.1) is 0 Å². The third kappa shape index (κ3) is 9.08. The summed E-state index contributed by atoms with van der Waals surface area (Å²) in [6, 6.07) is -0.118. The van der Waals surface area contributed by atoms with E-state index in [1.165, 1.54) is 6.92 Å². The summed E-state index contributed by atoms with van der Waals surface area (Å²) in [4.78, 5) is 23.3. The fourth-order valence-corrected chi connectivity index (χ4v) is 2.05. The van der Waals surface area contributed by atoms with Gasteiger partial charge in [-0.2, -0.15) is 0 Å². The van der Waals surface area contributed by atoms with Crippen LogP contribution in [0.3, 0.4) is 0 Å². The minimum atomic E-state index is -0.333. The second-order valence-electron chi connectivity index (χ2n) is 7.54. The smallest absolute Gasteiger partial charge is 0.216 e. The molecule has 4 nitrogen and oxygen atoms in total. The van der Waals surface area contributed by atoms with Crippen LogP contribution in [-0.4, -0.2) is 29.8 Å². The van der Waals surface area contributed by atoms with Crippen molar-refractivity contribution in [2.75, 3.05) is 6.54 Å². The Labute approximate surface area is 124 Å². The van der Waals surface area contributed by atoms with E-state index in [0.29, 0.717) is 6.54 Å². The molecular formula is C16H32N2O2. The molecule has 0 heterocycles. The molecular weight excluding hydrogens is 252 g/mol. The van der Waals surface area contributed by atoms with Crippen LogP contribution in [0.25, 0.3) is 0 Å². The van der Waals surface area contributed by atoms with Gasteiger partial charge in [0.2, 0.25) is 5.91 Å². The summed E-state index contributed by atoms with van der Waals surface area (Å²) >= 11 is 0.